The molecule has 1 aromatic carbocycles. The molecule has 0 fully saturated rings. The highest BCUT2D eigenvalue weighted by molar-refractivity contribution is 9.11. The maximum Gasteiger partial charge on any atom is 0.407 e. The molecule has 0 unspecified atom stereocenters. The summed E-state index contributed by atoms with van der Waals surface area (Å²) in [6.45, 7) is 0. The van der Waals surface area contributed by atoms with Gasteiger partial charge in [0.15, 0.2) is 0 Å². The zero-order chi connectivity index (χ0) is 10.9. The van der Waals surface area contributed by atoms with Gasteiger partial charge in [-0.3, -0.25) is 0 Å². The quantitative estimate of drug-likeness (QED) is 0.832. The SMILES string of the molecule is N[C@@H](c1cc(Br)ccc1Br)C(F)(F)F. The van der Waals surface area contributed by atoms with Gasteiger partial charge in [0.2, 0.25) is 0 Å². The summed E-state index contributed by atoms with van der Waals surface area (Å²) in [6, 6.07) is 2.54. The molecule has 1 atom stereocenters. The highest BCUT2D eigenvalue weighted by Crippen LogP contribution is 2.35. The fourth-order valence-corrected chi connectivity index (χ4v) is 1.80. The van der Waals surface area contributed by atoms with Gasteiger partial charge in [-0.2, -0.15) is 13.2 Å². The van der Waals surface area contributed by atoms with E-state index in [1.54, 1.807) is 6.07 Å². The van der Waals surface area contributed by atoms with Crippen molar-refractivity contribution in [2.45, 2.75) is 12.2 Å². The number of alkyl halides is 3. The Kier molecular flexibility index (Phi) is 3.60. The zero-order valence-electron chi connectivity index (χ0n) is 6.78. The number of hydrogen-bond acceptors (Lipinski definition) is 1. The Hall–Kier alpha value is -0.0700. The van der Waals surface area contributed by atoms with Crippen LogP contribution < -0.4 is 5.73 Å². The Balaban J connectivity index is 3.12. The lowest BCUT2D eigenvalue weighted by Crippen LogP contribution is -2.28. The van der Waals surface area contributed by atoms with E-state index in [1.807, 2.05) is 0 Å². The highest BCUT2D eigenvalue weighted by atomic mass is 79.9. The molecule has 0 aliphatic rings. The van der Waals surface area contributed by atoms with E-state index in [1.165, 1.54) is 12.1 Å². The Labute approximate surface area is 95.7 Å². The molecular formula is C8H6Br2F3N. The molecule has 0 bridgehead atoms. The fourth-order valence-electron chi connectivity index (χ4n) is 0.929. The second-order valence-corrected chi connectivity index (χ2v) is 4.46. The number of nitrogens with two attached hydrogens (primary N) is 1. The van der Waals surface area contributed by atoms with Crippen molar-refractivity contribution in [3.63, 3.8) is 0 Å². The zero-order valence-corrected chi connectivity index (χ0v) is 9.95. The summed E-state index contributed by atoms with van der Waals surface area (Å²) in [5.41, 5.74) is 5.09. The number of halogens is 5. The monoisotopic (exact) mass is 331 g/mol. The highest BCUT2D eigenvalue weighted by Gasteiger charge is 2.38. The molecule has 14 heavy (non-hydrogen) atoms. The Morgan fingerprint density at radius 1 is 1.21 bits per heavy atom. The Morgan fingerprint density at radius 3 is 2.29 bits per heavy atom. The van der Waals surface area contributed by atoms with Gasteiger partial charge >= 0.3 is 6.18 Å². The van der Waals surface area contributed by atoms with Gasteiger partial charge in [-0.25, -0.2) is 0 Å². The van der Waals surface area contributed by atoms with Gasteiger partial charge in [0.1, 0.15) is 6.04 Å². The van der Waals surface area contributed by atoms with Crippen LogP contribution in [0.15, 0.2) is 27.1 Å². The summed E-state index contributed by atoms with van der Waals surface area (Å²) in [6.07, 6.45) is -4.43. The average Bonchev–Trinajstić information content (AvgIpc) is 2.06. The van der Waals surface area contributed by atoms with Crippen LogP contribution in [0.1, 0.15) is 11.6 Å². The molecule has 0 radical (unpaired) electrons. The predicted molar refractivity (Wildman–Crippen MR) is 54.8 cm³/mol. The van der Waals surface area contributed by atoms with Crippen molar-refractivity contribution in [1.82, 2.24) is 0 Å². The van der Waals surface area contributed by atoms with Gasteiger partial charge < -0.3 is 5.73 Å². The lowest BCUT2D eigenvalue weighted by atomic mass is 10.1. The maximum absolute atomic E-state index is 12.3. The van der Waals surface area contributed by atoms with Gasteiger partial charge in [0.05, 0.1) is 0 Å². The minimum absolute atomic E-state index is 0.0203. The molecule has 0 amide bonds. The second-order valence-electron chi connectivity index (χ2n) is 2.69. The summed E-state index contributed by atoms with van der Waals surface area (Å²) in [4.78, 5) is 0. The Morgan fingerprint density at radius 2 is 1.79 bits per heavy atom. The molecule has 0 aliphatic carbocycles. The molecule has 6 heteroatoms. The first-order valence-corrected chi connectivity index (χ1v) is 5.18. The van der Waals surface area contributed by atoms with E-state index < -0.39 is 12.2 Å². The molecule has 1 rings (SSSR count). The van der Waals surface area contributed by atoms with Crippen LogP contribution in [0.4, 0.5) is 13.2 Å². The normalized spacial score (nSPS) is 14.1. The fraction of sp³-hybridized carbons (Fsp3) is 0.250. The topological polar surface area (TPSA) is 26.0 Å². The second kappa shape index (κ2) is 4.20. The largest absolute Gasteiger partial charge is 0.407 e. The standard InChI is InChI=1S/C8H6Br2F3N/c9-4-1-2-6(10)5(3-4)7(14)8(11,12)13/h1-3,7H,14H2/t7-/m0/s1. The molecule has 2 N–H and O–H groups in total. The van der Waals surface area contributed by atoms with Crippen LogP contribution >= 0.6 is 31.9 Å². The molecule has 0 heterocycles. The predicted octanol–water partition coefficient (Wildman–Crippen LogP) is 3.77. The first-order chi connectivity index (χ1) is 6.32. The maximum atomic E-state index is 12.3. The van der Waals surface area contributed by atoms with Crippen LogP contribution in [0.3, 0.4) is 0 Å². The molecule has 0 aromatic heterocycles. The van der Waals surface area contributed by atoms with Crippen molar-refractivity contribution in [1.29, 1.82) is 0 Å². The van der Waals surface area contributed by atoms with E-state index in [-0.39, 0.29) is 5.56 Å². The van der Waals surface area contributed by atoms with Crippen LogP contribution in [-0.2, 0) is 0 Å². The molecule has 0 aliphatic heterocycles. The van der Waals surface area contributed by atoms with Crippen molar-refractivity contribution in [2.75, 3.05) is 0 Å². The van der Waals surface area contributed by atoms with E-state index in [0.29, 0.717) is 8.95 Å². The molecule has 0 saturated heterocycles. The van der Waals surface area contributed by atoms with Gasteiger partial charge in [-0.15, -0.1) is 0 Å². The lowest BCUT2D eigenvalue weighted by molar-refractivity contribution is -0.149. The van der Waals surface area contributed by atoms with E-state index in [2.05, 4.69) is 31.9 Å². The van der Waals surface area contributed by atoms with E-state index in [4.69, 9.17) is 5.73 Å². The van der Waals surface area contributed by atoms with Crippen molar-refractivity contribution in [3.8, 4) is 0 Å². The lowest BCUT2D eigenvalue weighted by Gasteiger charge is -2.17. The molecule has 78 valence electrons. The van der Waals surface area contributed by atoms with Crippen molar-refractivity contribution >= 4 is 31.9 Å². The minimum Gasteiger partial charge on any atom is -0.316 e. The molecule has 0 saturated carbocycles. The number of hydrogen-bond donors (Lipinski definition) is 1. The first kappa shape index (κ1) is 12.0. The van der Waals surface area contributed by atoms with Crippen LogP contribution in [0.5, 0.6) is 0 Å². The van der Waals surface area contributed by atoms with Crippen molar-refractivity contribution in [3.05, 3.63) is 32.7 Å². The number of benzene rings is 1. The molecule has 1 aromatic rings. The smallest absolute Gasteiger partial charge is 0.316 e. The van der Waals surface area contributed by atoms with Gasteiger partial charge in [0.25, 0.3) is 0 Å². The summed E-state index contributed by atoms with van der Waals surface area (Å²) in [5, 5.41) is 0. The van der Waals surface area contributed by atoms with Crippen LogP contribution in [0.2, 0.25) is 0 Å². The van der Waals surface area contributed by atoms with E-state index in [0.717, 1.165) is 0 Å². The summed E-state index contributed by atoms with van der Waals surface area (Å²) in [5.74, 6) is 0. The Bertz CT molecular complexity index is 338. The summed E-state index contributed by atoms with van der Waals surface area (Å²) < 4.78 is 37.8. The third kappa shape index (κ3) is 2.71. The van der Waals surface area contributed by atoms with Crippen LogP contribution in [-0.4, -0.2) is 6.18 Å². The third-order valence-corrected chi connectivity index (χ3v) is 2.86. The average molecular weight is 333 g/mol. The van der Waals surface area contributed by atoms with E-state index in [9.17, 15) is 13.2 Å². The van der Waals surface area contributed by atoms with Gasteiger partial charge in [-0.05, 0) is 23.8 Å². The molecule has 1 nitrogen and oxygen atoms in total. The van der Waals surface area contributed by atoms with Crippen LogP contribution in [0.25, 0.3) is 0 Å². The molecule has 0 spiro atoms. The number of rotatable bonds is 1. The van der Waals surface area contributed by atoms with Crippen LogP contribution in [0, 0.1) is 0 Å². The van der Waals surface area contributed by atoms with Gasteiger partial charge in [-0.1, -0.05) is 31.9 Å². The third-order valence-electron chi connectivity index (χ3n) is 1.65. The first-order valence-electron chi connectivity index (χ1n) is 3.59. The molecular weight excluding hydrogens is 327 g/mol. The van der Waals surface area contributed by atoms with Crippen molar-refractivity contribution in [2.24, 2.45) is 5.73 Å². The summed E-state index contributed by atoms with van der Waals surface area (Å²) in [7, 11) is 0. The van der Waals surface area contributed by atoms with E-state index >= 15 is 0 Å². The minimum atomic E-state index is -4.43. The van der Waals surface area contributed by atoms with Gasteiger partial charge in [0, 0.05) is 8.95 Å². The summed E-state index contributed by atoms with van der Waals surface area (Å²) >= 11 is 6.11. The van der Waals surface area contributed by atoms with Crippen molar-refractivity contribution < 1.29 is 13.2 Å².